The number of aliphatic hydroxyl groups excluding tert-OH is 2. The second-order valence-corrected chi connectivity index (χ2v) is 3.69. The lowest BCUT2D eigenvalue weighted by Crippen LogP contribution is -2.19. The second-order valence-electron chi connectivity index (χ2n) is 3.69. The summed E-state index contributed by atoms with van der Waals surface area (Å²) in [6, 6.07) is 9.68. The molecule has 4 nitrogen and oxygen atoms in total. The van der Waals surface area contributed by atoms with Crippen LogP contribution in [0.5, 0.6) is 5.75 Å². The molecule has 0 fully saturated rings. The van der Waals surface area contributed by atoms with Crippen molar-refractivity contribution in [3.8, 4) is 5.75 Å². The SMILES string of the molecule is CC(O)COC(C)CO.COc1ccccc1. The van der Waals surface area contributed by atoms with E-state index in [0.717, 1.165) is 5.75 Å². The molecule has 0 saturated carbocycles. The third kappa shape index (κ3) is 9.81. The van der Waals surface area contributed by atoms with Crippen LogP contribution in [0.4, 0.5) is 0 Å². The van der Waals surface area contributed by atoms with E-state index < -0.39 is 6.10 Å². The summed E-state index contributed by atoms with van der Waals surface area (Å²) >= 11 is 0. The van der Waals surface area contributed by atoms with Crippen LogP contribution in [0.15, 0.2) is 30.3 Å². The van der Waals surface area contributed by atoms with Gasteiger partial charge in [-0.2, -0.15) is 0 Å². The molecule has 0 aliphatic carbocycles. The molecular weight excluding hydrogens is 220 g/mol. The first-order valence-corrected chi connectivity index (χ1v) is 5.59. The summed E-state index contributed by atoms with van der Waals surface area (Å²) in [7, 11) is 1.66. The Bertz CT molecular complexity index is 261. The molecule has 0 heterocycles. The van der Waals surface area contributed by atoms with E-state index >= 15 is 0 Å². The molecule has 1 rings (SSSR count). The van der Waals surface area contributed by atoms with Crippen LogP contribution in [0, 0.1) is 0 Å². The zero-order valence-corrected chi connectivity index (χ0v) is 10.7. The van der Waals surface area contributed by atoms with Gasteiger partial charge >= 0.3 is 0 Å². The first-order chi connectivity index (χ1) is 8.10. The molecule has 98 valence electrons. The highest BCUT2D eigenvalue weighted by Crippen LogP contribution is 2.05. The van der Waals surface area contributed by atoms with Crippen molar-refractivity contribution in [1.82, 2.24) is 0 Å². The van der Waals surface area contributed by atoms with Crippen molar-refractivity contribution < 1.29 is 19.7 Å². The minimum Gasteiger partial charge on any atom is -0.497 e. The van der Waals surface area contributed by atoms with Crippen molar-refractivity contribution in [2.45, 2.75) is 26.1 Å². The summed E-state index contributed by atoms with van der Waals surface area (Å²) < 4.78 is 9.87. The largest absolute Gasteiger partial charge is 0.497 e. The molecule has 0 saturated heterocycles. The van der Waals surface area contributed by atoms with E-state index in [2.05, 4.69) is 0 Å². The summed E-state index contributed by atoms with van der Waals surface area (Å²) in [6.07, 6.45) is -0.612. The average Bonchev–Trinajstić information content (AvgIpc) is 2.37. The number of hydrogen-bond donors (Lipinski definition) is 2. The highest BCUT2D eigenvalue weighted by Gasteiger charge is 2.00. The molecule has 1 aromatic carbocycles. The van der Waals surface area contributed by atoms with Crippen LogP contribution in [0.3, 0.4) is 0 Å². The highest BCUT2D eigenvalue weighted by molar-refractivity contribution is 5.20. The van der Waals surface area contributed by atoms with Gasteiger partial charge in [0.2, 0.25) is 0 Å². The fourth-order valence-corrected chi connectivity index (χ4v) is 0.913. The molecule has 17 heavy (non-hydrogen) atoms. The Labute approximate surface area is 103 Å². The summed E-state index contributed by atoms with van der Waals surface area (Å²) in [6.45, 7) is 3.70. The Hall–Kier alpha value is -1.10. The van der Waals surface area contributed by atoms with Crippen LogP contribution >= 0.6 is 0 Å². The van der Waals surface area contributed by atoms with Crippen molar-refractivity contribution >= 4 is 0 Å². The van der Waals surface area contributed by atoms with Crippen LogP contribution in [-0.4, -0.2) is 42.7 Å². The molecule has 0 spiro atoms. The first-order valence-electron chi connectivity index (χ1n) is 5.59. The Morgan fingerprint density at radius 3 is 2.12 bits per heavy atom. The van der Waals surface area contributed by atoms with Crippen molar-refractivity contribution in [1.29, 1.82) is 0 Å². The molecule has 4 heteroatoms. The first kappa shape index (κ1) is 15.9. The van der Waals surface area contributed by atoms with E-state index in [1.54, 1.807) is 21.0 Å². The van der Waals surface area contributed by atoms with E-state index in [1.165, 1.54) is 0 Å². The molecule has 2 atom stereocenters. The van der Waals surface area contributed by atoms with Crippen molar-refractivity contribution in [3.63, 3.8) is 0 Å². The summed E-state index contributed by atoms with van der Waals surface area (Å²) in [5, 5.41) is 17.1. The van der Waals surface area contributed by atoms with Gasteiger partial charge in [-0.25, -0.2) is 0 Å². The number of ether oxygens (including phenoxy) is 2. The zero-order valence-electron chi connectivity index (χ0n) is 10.7. The summed E-state index contributed by atoms with van der Waals surface area (Å²) in [5.74, 6) is 0.910. The van der Waals surface area contributed by atoms with Crippen LogP contribution in [0.25, 0.3) is 0 Å². The van der Waals surface area contributed by atoms with Crippen molar-refractivity contribution in [2.75, 3.05) is 20.3 Å². The third-order valence-corrected chi connectivity index (χ3v) is 1.86. The molecule has 0 aliphatic rings. The smallest absolute Gasteiger partial charge is 0.118 e. The van der Waals surface area contributed by atoms with Crippen molar-refractivity contribution in [2.24, 2.45) is 0 Å². The van der Waals surface area contributed by atoms with E-state index in [9.17, 15) is 0 Å². The van der Waals surface area contributed by atoms with Crippen LogP contribution < -0.4 is 4.74 Å². The molecule has 0 radical (unpaired) electrons. The van der Waals surface area contributed by atoms with Gasteiger partial charge in [0, 0.05) is 0 Å². The molecule has 0 aliphatic heterocycles. The second kappa shape index (κ2) is 10.1. The average molecular weight is 242 g/mol. The fourth-order valence-electron chi connectivity index (χ4n) is 0.913. The fraction of sp³-hybridized carbons (Fsp3) is 0.538. The standard InChI is InChI=1S/C7H8O.C6H14O3/c1-8-7-5-3-2-4-6-7;1-5(8)4-9-6(2)3-7/h2-6H,1H3;5-8H,3-4H2,1-2H3. The molecule has 1 aromatic rings. The van der Waals surface area contributed by atoms with Gasteiger partial charge in [-0.1, -0.05) is 18.2 Å². The lowest BCUT2D eigenvalue weighted by Gasteiger charge is -2.10. The van der Waals surface area contributed by atoms with Gasteiger partial charge in [0.1, 0.15) is 5.75 Å². The molecular formula is C13H22O4. The third-order valence-electron chi connectivity index (χ3n) is 1.86. The van der Waals surface area contributed by atoms with Gasteiger partial charge in [-0.05, 0) is 26.0 Å². The molecule has 0 amide bonds. The van der Waals surface area contributed by atoms with Gasteiger partial charge in [0.15, 0.2) is 0 Å². The van der Waals surface area contributed by atoms with Gasteiger partial charge in [-0.15, -0.1) is 0 Å². The normalized spacial score (nSPS) is 13.2. The Balaban J connectivity index is 0.000000302. The van der Waals surface area contributed by atoms with E-state index in [0.29, 0.717) is 6.61 Å². The molecule has 0 bridgehead atoms. The Morgan fingerprint density at radius 2 is 1.76 bits per heavy atom. The van der Waals surface area contributed by atoms with E-state index in [-0.39, 0.29) is 12.7 Å². The maximum absolute atomic E-state index is 8.69. The Morgan fingerprint density at radius 1 is 1.18 bits per heavy atom. The lowest BCUT2D eigenvalue weighted by atomic mass is 10.3. The zero-order chi connectivity index (χ0) is 13.1. The topological polar surface area (TPSA) is 58.9 Å². The molecule has 2 N–H and O–H groups in total. The highest BCUT2D eigenvalue weighted by atomic mass is 16.5. The number of para-hydroxylation sites is 1. The number of rotatable bonds is 5. The lowest BCUT2D eigenvalue weighted by molar-refractivity contribution is -0.0177. The van der Waals surface area contributed by atoms with Gasteiger partial charge in [-0.3, -0.25) is 0 Å². The maximum Gasteiger partial charge on any atom is 0.118 e. The molecule has 0 aromatic heterocycles. The van der Waals surface area contributed by atoms with E-state index in [1.807, 2.05) is 30.3 Å². The maximum atomic E-state index is 8.69. The predicted octanol–water partition coefficient (Wildman–Crippen LogP) is 1.46. The summed E-state index contributed by atoms with van der Waals surface area (Å²) in [4.78, 5) is 0. The van der Waals surface area contributed by atoms with E-state index in [4.69, 9.17) is 19.7 Å². The van der Waals surface area contributed by atoms with Gasteiger partial charge < -0.3 is 19.7 Å². The Kier molecular flexibility index (Phi) is 9.43. The molecule has 2 unspecified atom stereocenters. The number of aliphatic hydroxyl groups is 2. The quantitative estimate of drug-likeness (QED) is 0.820. The van der Waals surface area contributed by atoms with Gasteiger partial charge in [0.25, 0.3) is 0 Å². The monoisotopic (exact) mass is 242 g/mol. The minimum atomic E-state index is -0.445. The number of benzene rings is 1. The minimum absolute atomic E-state index is 0.00667. The van der Waals surface area contributed by atoms with Crippen molar-refractivity contribution in [3.05, 3.63) is 30.3 Å². The number of hydrogen-bond acceptors (Lipinski definition) is 4. The summed E-state index contributed by atoms with van der Waals surface area (Å²) in [5.41, 5.74) is 0. The van der Waals surface area contributed by atoms with Crippen LogP contribution in [-0.2, 0) is 4.74 Å². The van der Waals surface area contributed by atoms with Crippen LogP contribution in [0.2, 0.25) is 0 Å². The predicted molar refractivity (Wildman–Crippen MR) is 67.2 cm³/mol. The van der Waals surface area contributed by atoms with Gasteiger partial charge in [0.05, 0.1) is 32.5 Å². The number of methoxy groups -OCH3 is 1. The van der Waals surface area contributed by atoms with Crippen LogP contribution in [0.1, 0.15) is 13.8 Å².